The highest BCUT2D eigenvalue weighted by Crippen LogP contribution is 2.33. The Hall–Kier alpha value is -0.0900. The van der Waals surface area contributed by atoms with Crippen LogP contribution in [0.3, 0.4) is 0 Å². The Labute approximate surface area is 107 Å². The second-order valence-corrected chi connectivity index (χ2v) is 6.35. The second kappa shape index (κ2) is 5.50. The minimum atomic E-state index is 0.456. The van der Waals surface area contributed by atoms with Crippen molar-refractivity contribution >= 4 is 22.9 Å². The first-order chi connectivity index (χ1) is 7.68. The van der Waals surface area contributed by atoms with Gasteiger partial charge in [-0.05, 0) is 45.6 Å². The highest BCUT2D eigenvalue weighted by atomic mass is 35.5. The zero-order valence-electron chi connectivity index (χ0n) is 9.87. The molecular weight excluding hydrogens is 240 g/mol. The lowest BCUT2D eigenvalue weighted by Gasteiger charge is -2.35. The van der Waals surface area contributed by atoms with Gasteiger partial charge in [0.25, 0.3) is 0 Å². The smallest absolute Gasteiger partial charge is 0.0931 e. The van der Waals surface area contributed by atoms with Crippen LogP contribution in [0, 0.1) is 0 Å². The van der Waals surface area contributed by atoms with Crippen LogP contribution in [0.5, 0.6) is 0 Å². The van der Waals surface area contributed by atoms with Crippen LogP contribution in [0.2, 0.25) is 4.34 Å². The van der Waals surface area contributed by atoms with Crippen molar-refractivity contribution < 1.29 is 0 Å². The van der Waals surface area contributed by atoms with Crippen molar-refractivity contribution in [2.24, 2.45) is 0 Å². The molecule has 0 saturated carbocycles. The molecule has 0 spiro atoms. The van der Waals surface area contributed by atoms with E-state index < -0.39 is 0 Å². The maximum absolute atomic E-state index is 6.03. The summed E-state index contributed by atoms with van der Waals surface area (Å²) in [6.07, 6.45) is 3.90. The van der Waals surface area contributed by atoms with Crippen LogP contribution in [-0.4, -0.2) is 31.6 Å². The van der Waals surface area contributed by atoms with Crippen molar-refractivity contribution in [3.05, 3.63) is 21.3 Å². The van der Waals surface area contributed by atoms with Crippen molar-refractivity contribution in [2.45, 2.75) is 31.3 Å². The summed E-state index contributed by atoms with van der Waals surface area (Å²) in [7, 11) is 4.29. The zero-order chi connectivity index (χ0) is 11.5. The predicted molar refractivity (Wildman–Crippen MR) is 71.4 cm³/mol. The lowest BCUT2D eigenvalue weighted by atomic mass is 9.96. The number of piperidine rings is 1. The molecule has 2 nitrogen and oxygen atoms in total. The van der Waals surface area contributed by atoms with Gasteiger partial charge in [-0.1, -0.05) is 18.0 Å². The van der Waals surface area contributed by atoms with Crippen molar-refractivity contribution in [1.29, 1.82) is 0 Å². The lowest BCUT2D eigenvalue weighted by molar-refractivity contribution is 0.208. The quantitative estimate of drug-likeness (QED) is 0.896. The molecule has 16 heavy (non-hydrogen) atoms. The molecule has 1 aliphatic rings. The summed E-state index contributed by atoms with van der Waals surface area (Å²) in [5.74, 6) is 0. The van der Waals surface area contributed by atoms with E-state index >= 15 is 0 Å². The van der Waals surface area contributed by atoms with E-state index in [4.69, 9.17) is 11.6 Å². The minimum absolute atomic E-state index is 0.456. The van der Waals surface area contributed by atoms with Gasteiger partial charge in [0.15, 0.2) is 0 Å². The molecule has 1 aromatic heterocycles. The summed E-state index contributed by atoms with van der Waals surface area (Å²) < 4.78 is 0.887. The molecule has 1 aliphatic heterocycles. The number of nitrogens with one attached hydrogen (secondary N) is 1. The maximum atomic E-state index is 6.03. The summed E-state index contributed by atoms with van der Waals surface area (Å²) in [5, 5.41) is 3.63. The minimum Gasteiger partial charge on any atom is -0.312 e. The van der Waals surface area contributed by atoms with E-state index in [2.05, 4.69) is 30.4 Å². The molecule has 0 aromatic carbocycles. The van der Waals surface area contributed by atoms with Gasteiger partial charge in [0, 0.05) is 10.9 Å². The molecular formula is C12H19ClN2S. The molecule has 1 N–H and O–H groups in total. The molecule has 2 rings (SSSR count). The molecule has 1 fully saturated rings. The largest absolute Gasteiger partial charge is 0.312 e. The fraction of sp³-hybridized carbons (Fsp3) is 0.667. The Morgan fingerprint density at radius 2 is 2.25 bits per heavy atom. The predicted octanol–water partition coefficient (Wildman–Crippen LogP) is 3.15. The Kier molecular flexibility index (Phi) is 4.25. The fourth-order valence-electron chi connectivity index (χ4n) is 2.45. The van der Waals surface area contributed by atoms with E-state index in [1.54, 1.807) is 11.3 Å². The van der Waals surface area contributed by atoms with E-state index in [1.165, 1.54) is 24.1 Å². The average molecular weight is 259 g/mol. The Morgan fingerprint density at radius 3 is 2.75 bits per heavy atom. The molecule has 0 bridgehead atoms. The molecule has 1 saturated heterocycles. The van der Waals surface area contributed by atoms with E-state index in [0.717, 1.165) is 10.9 Å². The van der Waals surface area contributed by atoms with Crippen LogP contribution in [0.1, 0.15) is 30.2 Å². The van der Waals surface area contributed by atoms with Gasteiger partial charge in [-0.3, -0.25) is 0 Å². The highest BCUT2D eigenvalue weighted by Gasteiger charge is 2.27. The van der Waals surface area contributed by atoms with E-state index in [1.807, 2.05) is 6.07 Å². The van der Waals surface area contributed by atoms with Crippen LogP contribution in [0.4, 0.5) is 0 Å². The van der Waals surface area contributed by atoms with Crippen molar-refractivity contribution in [1.82, 2.24) is 10.2 Å². The second-order valence-electron chi connectivity index (χ2n) is 4.61. The van der Waals surface area contributed by atoms with E-state index in [-0.39, 0.29) is 0 Å². The van der Waals surface area contributed by atoms with Gasteiger partial charge in [0.05, 0.1) is 10.4 Å². The Bertz CT molecular complexity index is 332. The first-order valence-electron chi connectivity index (χ1n) is 5.83. The molecule has 1 aromatic rings. The van der Waals surface area contributed by atoms with Crippen molar-refractivity contribution in [3.8, 4) is 0 Å². The van der Waals surface area contributed by atoms with Crippen molar-refractivity contribution in [3.63, 3.8) is 0 Å². The molecule has 2 heterocycles. The van der Waals surface area contributed by atoms with Gasteiger partial charge in [0.1, 0.15) is 0 Å². The standard InChI is InChI=1S/C12H19ClN2S/c1-15(2)12(9-5-3-4-8-14-9)10-6-7-11(13)16-10/h6-7,9,12,14H,3-5,8H2,1-2H3. The summed E-state index contributed by atoms with van der Waals surface area (Å²) >= 11 is 7.73. The summed E-state index contributed by atoms with van der Waals surface area (Å²) in [5.41, 5.74) is 0. The molecule has 90 valence electrons. The number of halogens is 1. The van der Waals surface area contributed by atoms with Crippen LogP contribution in [0.25, 0.3) is 0 Å². The first kappa shape index (κ1) is 12.4. The monoisotopic (exact) mass is 258 g/mol. The number of hydrogen-bond acceptors (Lipinski definition) is 3. The normalized spacial score (nSPS) is 23.6. The van der Waals surface area contributed by atoms with Gasteiger partial charge in [-0.15, -0.1) is 11.3 Å². The number of nitrogens with zero attached hydrogens (tertiary/aromatic N) is 1. The van der Waals surface area contributed by atoms with Gasteiger partial charge >= 0.3 is 0 Å². The average Bonchev–Trinajstić information content (AvgIpc) is 2.66. The SMILES string of the molecule is CN(C)C(c1ccc(Cl)s1)C1CCCCN1. The van der Waals surface area contributed by atoms with E-state index in [0.29, 0.717) is 12.1 Å². The third-order valence-corrected chi connectivity index (χ3v) is 4.47. The zero-order valence-corrected chi connectivity index (χ0v) is 11.4. The summed E-state index contributed by atoms with van der Waals surface area (Å²) in [6, 6.07) is 5.19. The molecule has 0 radical (unpaired) electrons. The maximum Gasteiger partial charge on any atom is 0.0931 e. The molecule has 2 unspecified atom stereocenters. The van der Waals surface area contributed by atoms with Gasteiger partial charge in [-0.2, -0.15) is 0 Å². The molecule has 2 atom stereocenters. The first-order valence-corrected chi connectivity index (χ1v) is 7.03. The topological polar surface area (TPSA) is 15.3 Å². The summed E-state index contributed by atoms with van der Waals surface area (Å²) in [4.78, 5) is 3.67. The van der Waals surface area contributed by atoms with Crippen LogP contribution in [-0.2, 0) is 0 Å². The van der Waals surface area contributed by atoms with Gasteiger partial charge in [-0.25, -0.2) is 0 Å². The molecule has 0 aliphatic carbocycles. The third kappa shape index (κ3) is 2.77. The molecule has 4 heteroatoms. The van der Waals surface area contributed by atoms with Crippen LogP contribution >= 0.6 is 22.9 Å². The fourth-order valence-corrected chi connectivity index (χ4v) is 3.77. The highest BCUT2D eigenvalue weighted by molar-refractivity contribution is 7.16. The summed E-state index contributed by atoms with van der Waals surface area (Å²) in [6.45, 7) is 1.15. The molecule has 0 amide bonds. The number of hydrogen-bond donors (Lipinski definition) is 1. The third-order valence-electron chi connectivity index (χ3n) is 3.17. The van der Waals surface area contributed by atoms with E-state index in [9.17, 15) is 0 Å². The number of likely N-dealkylation sites (N-methyl/N-ethyl adjacent to an activating group) is 1. The number of rotatable bonds is 3. The van der Waals surface area contributed by atoms with Crippen LogP contribution < -0.4 is 5.32 Å². The van der Waals surface area contributed by atoms with Gasteiger partial charge < -0.3 is 10.2 Å². The number of thiophene rings is 1. The Morgan fingerprint density at radius 1 is 1.44 bits per heavy atom. The lowest BCUT2D eigenvalue weighted by Crippen LogP contribution is -2.43. The Balaban J connectivity index is 2.16. The van der Waals surface area contributed by atoms with Crippen LogP contribution in [0.15, 0.2) is 12.1 Å². The van der Waals surface area contributed by atoms with Crippen molar-refractivity contribution in [2.75, 3.05) is 20.6 Å². The van der Waals surface area contributed by atoms with Gasteiger partial charge in [0.2, 0.25) is 0 Å².